The Kier molecular flexibility index (Phi) is 7.14. The Balaban J connectivity index is 0.00000220. The third kappa shape index (κ3) is 4.98. The molecule has 0 radical (unpaired) electrons. The van der Waals surface area contributed by atoms with Crippen LogP contribution in [0.25, 0.3) is 0 Å². The normalized spacial score (nSPS) is 18.1. The first kappa shape index (κ1) is 17.9. The second-order valence-electron chi connectivity index (χ2n) is 4.68. The van der Waals surface area contributed by atoms with Crippen LogP contribution in [0.4, 0.5) is 0 Å². The highest BCUT2D eigenvalue weighted by molar-refractivity contribution is 9.10. The molecule has 1 N–H and O–H groups in total. The largest absolute Gasteiger partial charge is 0.469 e. The summed E-state index contributed by atoms with van der Waals surface area (Å²) >= 11 is 3.42. The minimum atomic E-state index is -0.483. The minimum absolute atomic E-state index is 0. The van der Waals surface area contributed by atoms with Gasteiger partial charge in [0.25, 0.3) is 0 Å². The first-order valence-corrected chi connectivity index (χ1v) is 7.23. The lowest BCUT2D eigenvalue weighted by Gasteiger charge is -2.32. The quantitative estimate of drug-likeness (QED) is 0.812. The standard InChI is InChI=1S/C14H17BrN2O3.ClH/c1-20-13(18)8-12-14(19)17(6-5-16-12)9-10-3-2-4-11(15)7-10;/h2-4,7,12,16H,5-6,8-9H2,1H3;1H. The highest BCUT2D eigenvalue weighted by Crippen LogP contribution is 2.15. The molecule has 1 amide bonds. The van der Waals surface area contributed by atoms with Gasteiger partial charge < -0.3 is 15.0 Å². The molecule has 0 bridgehead atoms. The Morgan fingerprint density at radius 3 is 2.95 bits per heavy atom. The van der Waals surface area contributed by atoms with E-state index in [1.54, 1.807) is 4.90 Å². The fourth-order valence-electron chi connectivity index (χ4n) is 2.21. The summed E-state index contributed by atoms with van der Waals surface area (Å²) in [5, 5.41) is 3.06. The molecule has 1 aromatic carbocycles. The zero-order valence-corrected chi connectivity index (χ0v) is 14.1. The van der Waals surface area contributed by atoms with Crippen LogP contribution in [0.2, 0.25) is 0 Å². The number of ether oxygens (including phenoxy) is 1. The van der Waals surface area contributed by atoms with Gasteiger partial charge in [-0.25, -0.2) is 0 Å². The van der Waals surface area contributed by atoms with Crippen molar-refractivity contribution in [2.45, 2.75) is 19.0 Å². The Labute approximate surface area is 138 Å². The van der Waals surface area contributed by atoms with E-state index in [9.17, 15) is 9.59 Å². The van der Waals surface area contributed by atoms with E-state index >= 15 is 0 Å². The van der Waals surface area contributed by atoms with E-state index < -0.39 is 6.04 Å². The average Bonchev–Trinajstić information content (AvgIpc) is 2.43. The topological polar surface area (TPSA) is 58.6 Å². The molecule has 1 aromatic rings. The molecule has 7 heteroatoms. The lowest BCUT2D eigenvalue weighted by molar-refractivity contribution is -0.146. The summed E-state index contributed by atoms with van der Waals surface area (Å²) in [4.78, 5) is 25.4. The van der Waals surface area contributed by atoms with E-state index in [1.807, 2.05) is 24.3 Å². The fraction of sp³-hybridized carbons (Fsp3) is 0.429. The number of benzene rings is 1. The molecule has 0 aromatic heterocycles. The molecule has 1 fully saturated rings. The van der Waals surface area contributed by atoms with Crippen LogP contribution in [0.5, 0.6) is 0 Å². The molecule has 1 unspecified atom stereocenters. The summed E-state index contributed by atoms with van der Waals surface area (Å²) in [7, 11) is 1.33. The van der Waals surface area contributed by atoms with E-state index in [4.69, 9.17) is 0 Å². The summed E-state index contributed by atoms with van der Waals surface area (Å²) in [6.45, 7) is 1.88. The van der Waals surface area contributed by atoms with Gasteiger partial charge in [-0.1, -0.05) is 28.1 Å². The number of carbonyl (C=O) groups is 2. The van der Waals surface area contributed by atoms with E-state index in [-0.39, 0.29) is 30.7 Å². The van der Waals surface area contributed by atoms with Crippen molar-refractivity contribution in [3.05, 3.63) is 34.3 Å². The maximum Gasteiger partial charge on any atom is 0.307 e. The number of methoxy groups -OCH3 is 1. The zero-order chi connectivity index (χ0) is 14.5. The van der Waals surface area contributed by atoms with Gasteiger partial charge in [0.1, 0.15) is 0 Å². The predicted molar refractivity (Wildman–Crippen MR) is 85.2 cm³/mol. The van der Waals surface area contributed by atoms with E-state index in [1.165, 1.54) is 7.11 Å². The molecule has 0 aliphatic carbocycles. The molecule has 1 atom stereocenters. The number of amides is 1. The maximum atomic E-state index is 12.3. The smallest absolute Gasteiger partial charge is 0.307 e. The number of esters is 1. The zero-order valence-electron chi connectivity index (χ0n) is 11.7. The van der Waals surface area contributed by atoms with Crippen LogP contribution < -0.4 is 5.32 Å². The summed E-state index contributed by atoms with van der Waals surface area (Å²) in [5.41, 5.74) is 1.06. The number of nitrogens with zero attached hydrogens (tertiary/aromatic N) is 1. The molecule has 116 valence electrons. The van der Waals surface area contributed by atoms with Gasteiger partial charge in [-0.15, -0.1) is 12.4 Å². The van der Waals surface area contributed by atoms with E-state index in [0.717, 1.165) is 10.0 Å². The molecule has 1 aliphatic rings. The van der Waals surface area contributed by atoms with Gasteiger partial charge in [-0.2, -0.15) is 0 Å². The number of hydrogen-bond acceptors (Lipinski definition) is 4. The van der Waals surface area contributed by atoms with Gasteiger partial charge in [-0.05, 0) is 17.7 Å². The SMILES string of the molecule is COC(=O)CC1NCCN(Cc2cccc(Br)c2)C1=O.Cl. The lowest BCUT2D eigenvalue weighted by atomic mass is 10.1. The molecular formula is C14H18BrClN2O3. The Bertz CT molecular complexity index is 513. The number of hydrogen-bond donors (Lipinski definition) is 1. The number of halogens is 2. The van der Waals surface area contributed by atoms with Gasteiger partial charge in [0.05, 0.1) is 19.6 Å². The molecule has 1 saturated heterocycles. The first-order valence-electron chi connectivity index (χ1n) is 6.43. The van der Waals surface area contributed by atoms with Crippen molar-refractivity contribution in [2.75, 3.05) is 20.2 Å². The van der Waals surface area contributed by atoms with Gasteiger partial charge >= 0.3 is 5.97 Å². The number of nitrogens with one attached hydrogen (secondary N) is 1. The van der Waals surface area contributed by atoms with Gasteiger partial charge in [0.2, 0.25) is 5.91 Å². The summed E-state index contributed by atoms with van der Waals surface area (Å²) in [5.74, 6) is -0.429. The van der Waals surface area contributed by atoms with Crippen LogP contribution in [-0.4, -0.2) is 43.0 Å². The number of carbonyl (C=O) groups excluding carboxylic acids is 2. The van der Waals surface area contributed by atoms with Crippen LogP contribution in [0.15, 0.2) is 28.7 Å². The minimum Gasteiger partial charge on any atom is -0.469 e. The van der Waals surface area contributed by atoms with Crippen LogP contribution >= 0.6 is 28.3 Å². The molecule has 2 rings (SSSR count). The van der Waals surface area contributed by atoms with Crippen LogP contribution in [-0.2, 0) is 20.9 Å². The van der Waals surface area contributed by atoms with Crippen molar-refractivity contribution in [3.8, 4) is 0 Å². The van der Waals surface area contributed by atoms with Crippen molar-refractivity contribution in [2.24, 2.45) is 0 Å². The van der Waals surface area contributed by atoms with Gasteiger partial charge in [0.15, 0.2) is 0 Å². The fourth-order valence-corrected chi connectivity index (χ4v) is 2.66. The predicted octanol–water partition coefficient (Wildman–Crippen LogP) is 1.73. The Morgan fingerprint density at radius 1 is 1.52 bits per heavy atom. The van der Waals surface area contributed by atoms with Crippen molar-refractivity contribution >= 4 is 40.2 Å². The monoisotopic (exact) mass is 376 g/mol. The molecule has 0 saturated carbocycles. The average molecular weight is 378 g/mol. The van der Waals surface area contributed by atoms with Crippen molar-refractivity contribution in [1.29, 1.82) is 0 Å². The molecule has 21 heavy (non-hydrogen) atoms. The molecule has 1 heterocycles. The van der Waals surface area contributed by atoms with Crippen molar-refractivity contribution in [3.63, 3.8) is 0 Å². The summed E-state index contributed by atoms with van der Waals surface area (Å²) in [6.07, 6.45) is 0.0737. The summed E-state index contributed by atoms with van der Waals surface area (Å²) in [6, 6.07) is 7.38. The Morgan fingerprint density at radius 2 is 2.29 bits per heavy atom. The molecule has 5 nitrogen and oxygen atoms in total. The van der Waals surface area contributed by atoms with E-state index in [2.05, 4.69) is 26.0 Å². The first-order chi connectivity index (χ1) is 9.60. The Hall–Kier alpha value is -1.11. The molecule has 1 aliphatic heterocycles. The van der Waals surface area contributed by atoms with Crippen LogP contribution in [0.1, 0.15) is 12.0 Å². The third-order valence-electron chi connectivity index (χ3n) is 3.24. The van der Waals surface area contributed by atoms with Crippen molar-refractivity contribution in [1.82, 2.24) is 10.2 Å². The van der Waals surface area contributed by atoms with Crippen molar-refractivity contribution < 1.29 is 14.3 Å². The van der Waals surface area contributed by atoms with Gasteiger partial charge in [-0.3, -0.25) is 9.59 Å². The third-order valence-corrected chi connectivity index (χ3v) is 3.74. The highest BCUT2D eigenvalue weighted by atomic mass is 79.9. The van der Waals surface area contributed by atoms with Gasteiger partial charge in [0, 0.05) is 24.1 Å². The van der Waals surface area contributed by atoms with Crippen LogP contribution in [0, 0.1) is 0 Å². The maximum absolute atomic E-state index is 12.3. The summed E-state index contributed by atoms with van der Waals surface area (Å²) < 4.78 is 5.60. The number of rotatable bonds is 4. The van der Waals surface area contributed by atoms with E-state index in [0.29, 0.717) is 19.6 Å². The lowest BCUT2D eigenvalue weighted by Crippen LogP contribution is -2.55. The number of piperazine rings is 1. The highest BCUT2D eigenvalue weighted by Gasteiger charge is 2.30. The van der Waals surface area contributed by atoms with Crippen LogP contribution in [0.3, 0.4) is 0 Å². The second kappa shape index (κ2) is 8.36. The second-order valence-corrected chi connectivity index (χ2v) is 5.59. The molecule has 0 spiro atoms. The molecular weight excluding hydrogens is 360 g/mol.